The van der Waals surface area contributed by atoms with Crippen molar-refractivity contribution in [2.45, 2.75) is 110 Å². The van der Waals surface area contributed by atoms with Crippen molar-refractivity contribution in [3.63, 3.8) is 0 Å². The zero-order chi connectivity index (χ0) is 21.0. The average molecular weight is 412 g/mol. The molecule has 28 heavy (non-hydrogen) atoms. The van der Waals surface area contributed by atoms with Crippen LogP contribution in [-0.2, 0) is 4.79 Å². The number of nitrogens with one attached hydrogen (secondary N) is 1. The Bertz CT molecular complexity index is 452. The molecule has 0 saturated heterocycles. The molecule has 0 saturated carbocycles. The van der Waals surface area contributed by atoms with Crippen LogP contribution in [0.4, 0.5) is 0 Å². The van der Waals surface area contributed by atoms with E-state index in [0.29, 0.717) is 5.75 Å². The Morgan fingerprint density at radius 3 is 1.75 bits per heavy atom. The van der Waals surface area contributed by atoms with Crippen LogP contribution in [0.5, 0.6) is 0 Å². The largest absolute Gasteiger partial charge is 0.480 e. The molecule has 0 aromatic carbocycles. The fraction of sp³-hybridized carbons (Fsp3) is 0.864. The summed E-state index contributed by atoms with van der Waals surface area (Å²) in [4.78, 5) is 12.3. The third kappa shape index (κ3) is 14.8. The summed E-state index contributed by atoms with van der Waals surface area (Å²) in [5, 5.41) is 25.8. The standard InChI is InChI=1S/C22H41N3O2S/c1-3-4-5-6-7-8-9-10-11-12-13-14-15-16-17-28-18-21(22(26)27)25(19-23)20(2)24/h21,24H,3-18H2,1-2H3,(H,26,27). The number of carboxylic acid groups (broad SMARTS) is 1. The Kier molecular flexibility index (Phi) is 18.3. The van der Waals surface area contributed by atoms with E-state index in [1.807, 2.05) is 0 Å². The minimum Gasteiger partial charge on any atom is -0.480 e. The monoisotopic (exact) mass is 411 g/mol. The highest BCUT2D eigenvalue weighted by atomic mass is 32.2. The van der Waals surface area contributed by atoms with Crippen molar-refractivity contribution in [2.24, 2.45) is 0 Å². The zero-order valence-electron chi connectivity index (χ0n) is 18.0. The van der Waals surface area contributed by atoms with Gasteiger partial charge in [0.1, 0.15) is 5.84 Å². The highest BCUT2D eigenvalue weighted by Gasteiger charge is 2.26. The number of hydrogen-bond acceptors (Lipinski definition) is 4. The Morgan fingerprint density at radius 2 is 1.39 bits per heavy atom. The zero-order valence-corrected chi connectivity index (χ0v) is 18.9. The minimum absolute atomic E-state index is 0.0213. The molecule has 162 valence electrons. The Balaban J connectivity index is 3.49. The number of aliphatic carboxylic acids is 1. The maximum Gasteiger partial charge on any atom is 0.328 e. The van der Waals surface area contributed by atoms with Crippen molar-refractivity contribution in [1.82, 2.24) is 4.90 Å². The van der Waals surface area contributed by atoms with Crippen LogP contribution in [-0.4, -0.2) is 39.4 Å². The fourth-order valence-electron chi connectivity index (χ4n) is 3.23. The summed E-state index contributed by atoms with van der Waals surface area (Å²) in [6.07, 6.45) is 20.4. The van der Waals surface area contributed by atoms with Crippen molar-refractivity contribution in [3.8, 4) is 6.19 Å². The van der Waals surface area contributed by atoms with E-state index in [9.17, 15) is 9.90 Å². The summed E-state index contributed by atoms with van der Waals surface area (Å²) in [6, 6.07) is -0.931. The quantitative estimate of drug-likeness (QED) is 0.0840. The minimum atomic E-state index is -1.04. The number of hydrogen-bond donors (Lipinski definition) is 2. The molecule has 2 N–H and O–H groups in total. The molecule has 1 unspecified atom stereocenters. The summed E-state index contributed by atoms with van der Waals surface area (Å²) in [7, 11) is 0. The van der Waals surface area contributed by atoms with Crippen LogP contribution in [0, 0.1) is 16.9 Å². The molecule has 6 heteroatoms. The van der Waals surface area contributed by atoms with Crippen LogP contribution in [0.2, 0.25) is 0 Å². The van der Waals surface area contributed by atoms with E-state index in [0.717, 1.165) is 17.1 Å². The van der Waals surface area contributed by atoms with Crippen LogP contribution in [0.1, 0.15) is 104 Å². The number of nitriles is 1. The lowest BCUT2D eigenvalue weighted by molar-refractivity contribution is -0.140. The maximum absolute atomic E-state index is 11.3. The van der Waals surface area contributed by atoms with Crippen molar-refractivity contribution >= 4 is 23.6 Å². The predicted molar refractivity (Wildman–Crippen MR) is 120 cm³/mol. The van der Waals surface area contributed by atoms with Gasteiger partial charge in [-0.3, -0.25) is 10.3 Å². The normalized spacial score (nSPS) is 11.8. The van der Waals surface area contributed by atoms with E-state index >= 15 is 0 Å². The lowest BCUT2D eigenvalue weighted by Crippen LogP contribution is -2.42. The van der Waals surface area contributed by atoms with Gasteiger partial charge in [0.15, 0.2) is 12.2 Å². The molecule has 0 bridgehead atoms. The first-order valence-electron chi connectivity index (χ1n) is 11.1. The molecule has 0 radical (unpaired) electrons. The maximum atomic E-state index is 11.3. The van der Waals surface area contributed by atoms with Crippen molar-refractivity contribution < 1.29 is 9.90 Å². The topological polar surface area (TPSA) is 88.2 Å². The molecule has 0 spiro atoms. The van der Waals surface area contributed by atoms with Gasteiger partial charge in [-0.05, 0) is 19.1 Å². The van der Waals surface area contributed by atoms with Crippen LogP contribution in [0.15, 0.2) is 0 Å². The molecular weight excluding hydrogens is 370 g/mol. The van der Waals surface area contributed by atoms with Gasteiger partial charge >= 0.3 is 5.97 Å². The number of unbranched alkanes of at least 4 members (excludes halogenated alkanes) is 13. The van der Waals surface area contributed by atoms with Crippen LogP contribution in [0.25, 0.3) is 0 Å². The molecule has 1 atom stereocenters. The molecule has 0 aliphatic heterocycles. The third-order valence-corrected chi connectivity index (χ3v) is 6.11. The molecule has 0 aromatic rings. The molecule has 0 rings (SSSR count). The van der Waals surface area contributed by atoms with Gasteiger partial charge in [-0.2, -0.15) is 17.0 Å². The summed E-state index contributed by atoms with van der Waals surface area (Å²) >= 11 is 1.56. The molecule has 5 nitrogen and oxygen atoms in total. The molecule has 0 aromatic heterocycles. The average Bonchev–Trinajstić information content (AvgIpc) is 2.66. The van der Waals surface area contributed by atoms with Crippen molar-refractivity contribution in [1.29, 1.82) is 10.7 Å². The second kappa shape index (κ2) is 19.1. The summed E-state index contributed by atoms with van der Waals surface area (Å²) in [5.74, 6) is 0.198. The third-order valence-electron chi connectivity index (χ3n) is 4.98. The van der Waals surface area contributed by atoms with Crippen molar-refractivity contribution in [3.05, 3.63) is 0 Å². The number of nitrogens with zero attached hydrogens (tertiary/aromatic N) is 2. The van der Waals surface area contributed by atoms with Crippen LogP contribution in [0.3, 0.4) is 0 Å². The van der Waals surface area contributed by atoms with Gasteiger partial charge in [0.25, 0.3) is 0 Å². The van der Waals surface area contributed by atoms with Crippen molar-refractivity contribution in [2.75, 3.05) is 11.5 Å². The smallest absolute Gasteiger partial charge is 0.328 e. The molecule has 0 fully saturated rings. The molecule has 0 amide bonds. The van der Waals surface area contributed by atoms with Gasteiger partial charge in [-0.1, -0.05) is 90.4 Å². The number of carbonyl (C=O) groups is 1. The first-order chi connectivity index (χ1) is 13.5. The fourth-order valence-corrected chi connectivity index (χ4v) is 4.32. The van der Waals surface area contributed by atoms with E-state index < -0.39 is 12.0 Å². The van der Waals surface area contributed by atoms with Gasteiger partial charge in [0.2, 0.25) is 0 Å². The van der Waals surface area contributed by atoms with Gasteiger partial charge in [-0.25, -0.2) is 4.79 Å². The molecule has 0 heterocycles. The van der Waals surface area contributed by atoms with Crippen LogP contribution < -0.4 is 0 Å². The summed E-state index contributed by atoms with van der Waals surface area (Å²) in [6.45, 7) is 3.70. The van der Waals surface area contributed by atoms with Gasteiger partial charge in [-0.15, -0.1) is 0 Å². The molecule has 0 aliphatic rings. The van der Waals surface area contributed by atoms with Gasteiger partial charge < -0.3 is 5.11 Å². The van der Waals surface area contributed by atoms with E-state index in [2.05, 4.69) is 6.92 Å². The van der Waals surface area contributed by atoms with Gasteiger partial charge in [0.05, 0.1) is 0 Å². The van der Waals surface area contributed by atoms with E-state index in [1.54, 1.807) is 18.0 Å². The first-order valence-corrected chi connectivity index (χ1v) is 12.2. The molecule has 0 aliphatic carbocycles. The SMILES string of the molecule is CCCCCCCCCCCCCCCCSCC(C(=O)O)N(C#N)C(C)=N. The first kappa shape index (κ1) is 26.8. The van der Waals surface area contributed by atoms with E-state index in [4.69, 9.17) is 10.7 Å². The van der Waals surface area contributed by atoms with Gasteiger partial charge in [0, 0.05) is 5.75 Å². The Morgan fingerprint density at radius 1 is 0.964 bits per heavy atom. The van der Waals surface area contributed by atoms with E-state index in [-0.39, 0.29) is 5.84 Å². The highest BCUT2D eigenvalue weighted by molar-refractivity contribution is 7.99. The number of amidine groups is 1. The summed E-state index contributed by atoms with van der Waals surface area (Å²) < 4.78 is 0. The molecular formula is C22H41N3O2S. The lowest BCUT2D eigenvalue weighted by Gasteiger charge is -2.21. The second-order valence-corrected chi connectivity index (χ2v) is 8.73. The number of thioether (sulfide) groups is 1. The Hall–Kier alpha value is -1.22. The second-order valence-electron chi connectivity index (χ2n) is 7.58. The Labute approximate surface area is 176 Å². The number of carboxylic acids is 1. The lowest BCUT2D eigenvalue weighted by atomic mass is 10.0. The van der Waals surface area contributed by atoms with Crippen LogP contribution >= 0.6 is 11.8 Å². The number of rotatable bonds is 19. The predicted octanol–water partition coefficient (Wildman–Crippen LogP) is 6.43. The van der Waals surface area contributed by atoms with E-state index in [1.165, 1.54) is 90.4 Å². The summed E-state index contributed by atoms with van der Waals surface area (Å²) in [5.41, 5.74) is 0. The highest BCUT2D eigenvalue weighted by Crippen LogP contribution is 2.15.